The van der Waals surface area contributed by atoms with E-state index in [1.165, 1.54) is 10.4 Å². The molecule has 0 N–H and O–H groups in total. The Labute approximate surface area is 210 Å². The van der Waals surface area contributed by atoms with Gasteiger partial charge in [-0.05, 0) is 57.6 Å². The van der Waals surface area contributed by atoms with Crippen LogP contribution in [0.3, 0.4) is 0 Å². The molecule has 0 radical (unpaired) electrons. The SMILES string of the molecule is COc1ccc(C=C2C(=O)CC(C)C2O[Si](c2ccccc2)(c2ccccc2)C(C)(C)C)c(C)c1. The van der Waals surface area contributed by atoms with Gasteiger partial charge in [-0.15, -0.1) is 0 Å². The molecule has 4 heteroatoms. The molecule has 0 aromatic heterocycles. The first-order valence-electron chi connectivity index (χ1n) is 12.4. The van der Waals surface area contributed by atoms with Gasteiger partial charge in [0.2, 0.25) is 0 Å². The first kappa shape index (κ1) is 25.1. The molecule has 0 spiro atoms. The lowest BCUT2D eigenvalue weighted by atomic mass is 10.0. The third-order valence-electron chi connectivity index (χ3n) is 7.16. The molecule has 1 saturated carbocycles. The number of carbonyl (C=O) groups excluding carboxylic acids is 1. The number of methoxy groups -OCH3 is 1. The Bertz CT molecular complexity index is 1170. The van der Waals surface area contributed by atoms with E-state index in [2.05, 4.69) is 95.3 Å². The second-order valence-corrected chi connectivity index (χ2v) is 14.9. The van der Waals surface area contributed by atoms with Crippen LogP contribution in [0.4, 0.5) is 0 Å². The maximum absolute atomic E-state index is 13.3. The van der Waals surface area contributed by atoms with Crippen molar-refractivity contribution in [3.05, 3.63) is 95.6 Å². The minimum Gasteiger partial charge on any atom is -0.497 e. The molecule has 0 saturated heterocycles. The molecule has 3 aromatic rings. The van der Waals surface area contributed by atoms with E-state index in [1.807, 2.05) is 24.3 Å². The molecule has 0 bridgehead atoms. The Morgan fingerprint density at radius 1 is 0.914 bits per heavy atom. The number of carbonyl (C=O) groups is 1. The summed E-state index contributed by atoms with van der Waals surface area (Å²) in [6.07, 6.45) is 2.28. The molecule has 35 heavy (non-hydrogen) atoms. The summed E-state index contributed by atoms with van der Waals surface area (Å²) in [5.74, 6) is 1.10. The lowest BCUT2D eigenvalue weighted by Crippen LogP contribution is -2.68. The molecule has 0 heterocycles. The van der Waals surface area contributed by atoms with Gasteiger partial charge in [-0.25, -0.2) is 0 Å². The smallest absolute Gasteiger partial charge is 0.261 e. The van der Waals surface area contributed by atoms with E-state index in [4.69, 9.17) is 9.16 Å². The van der Waals surface area contributed by atoms with Crippen LogP contribution in [0.5, 0.6) is 5.75 Å². The number of rotatable bonds is 6. The summed E-state index contributed by atoms with van der Waals surface area (Å²) in [6, 6.07) is 27.2. The van der Waals surface area contributed by atoms with Gasteiger partial charge in [-0.3, -0.25) is 4.79 Å². The van der Waals surface area contributed by atoms with Crippen LogP contribution in [0.2, 0.25) is 5.04 Å². The molecule has 2 atom stereocenters. The van der Waals surface area contributed by atoms with Gasteiger partial charge >= 0.3 is 0 Å². The highest BCUT2D eigenvalue weighted by atomic mass is 28.4. The van der Waals surface area contributed by atoms with Crippen LogP contribution in [0.1, 0.15) is 45.2 Å². The summed E-state index contributed by atoms with van der Waals surface area (Å²) in [4.78, 5) is 13.3. The standard InChI is InChI=1S/C31H36O3Si/c1-22-19-25(33-6)18-17-24(22)21-28-29(32)20-23(2)30(28)34-35(31(3,4)5,26-13-9-7-10-14-26)27-15-11-8-12-16-27/h7-19,21,23,30H,20H2,1-6H3. The van der Waals surface area contributed by atoms with E-state index in [0.29, 0.717) is 6.42 Å². The number of aryl methyl sites for hydroxylation is 1. The predicted molar refractivity (Wildman–Crippen MR) is 147 cm³/mol. The Morgan fingerprint density at radius 2 is 1.49 bits per heavy atom. The van der Waals surface area contributed by atoms with E-state index >= 15 is 0 Å². The zero-order chi connectivity index (χ0) is 25.2. The molecule has 1 aliphatic rings. The second kappa shape index (κ2) is 9.96. The molecular formula is C31H36O3Si. The quantitative estimate of drug-likeness (QED) is 0.321. The molecule has 1 fully saturated rings. The van der Waals surface area contributed by atoms with Gasteiger partial charge in [-0.2, -0.15) is 0 Å². The summed E-state index contributed by atoms with van der Waals surface area (Å²) in [7, 11) is -1.12. The number of benzene rings is 3. The first-order valence-corrected chi connectivity index (χ1v) is 14.3. The fourth-order valence-electron chi connectivity index (χ4n) is 5.31. The monoisotopic (exact) mass is 484 g/mol. The largest absolute Gasteiger partial charge is 0.497 e. The Kier molecular flexibility index (Phi) is 7.16. The summed E-state index contributed by atoms with van der Waals surface area (Å²) >= 11 is 0. The fraction of sp³-hybridized carbons (Fsp3) is 0.323. The molecule has 2 unspecified atom stereocenters. The average molecular weight is 485 g/mol. The average Bonchev–Trinajstić information content (AvgIpc) is 3.10. The zero-order valence-electron chi connectivity index (χ0n) is 21.7. The predicted octanol–water partition coefficient (Wildman–Crippen LogP) is 5.94. The van der Waals surface area contributed by atoms with Gasteiger partial charge in [0.1, 0.15) is 5.75 Å². The molecular weight excluding hydrogens is 448 g/mol. The highest BCUT2D eigenvalue weighted by Crippen LogP contribution is 2.42. The summed E-state index contributed by atoms with van der Waals surface area (Å²) in [6.45, 7) is 11.0. The van der Waals surface area contributed by atoms with E-state index in [9.17, 15) is 4.79 Å². The van der Waals surface area contributed by atoms with Crippen molar-refractivity contribution in [3.63, 3.8) is 0 Å². The van der Waals surface area contributed by atoms with Gasteiger partial charge in [0.25, 0.3) is 8.32 Å². The molecule has 3 aromatic carbocycles. The van der Waals surface area contributed by atoms with E-state index < -0.39 is 8.32 Å². The number of Topliss-reactive ketones (excluding diaryl/α,β-unsaturated/α-hetero) is 1. The van der Waals surface area contributed by atoms with Gasteiger partial charge < -0.3 is 9.16 Å². The molecule has 0 aliphatic heterocycles. The summed E-state index contributed by atoms with van der Waals surface area (Å²) in [5, 5.41) is 2.30. The van der Waals surface area contributed by atoms with Crippen molar-refractivity contribution < 1.29 is 14.0 Å². The van der Waals surface area contributed by atoms with E-state index in [-0.39, 0.29) is 22.8 Å². The lowest BCUT2D eigenvalue weighted by molar-refractivity contribution is -0.114. The van der Waals surface area contributed by atoms with Crippen molar-refractivity contribution in [1.29, 1.82) is 0 Å². The topological polar surface area (TPSA) is 35.5 Å². The van der Waals surface area contributed by atoms with E-state index in [1.54, 1.807) is 7.11 Å². The van der Waals surface area contributed by atoms with Crippen molar-refractivity contribution in [2.75, 3.05) is 7.11 Å². The number of hydrogen-bond donors (Lipinski definition) is 0. The third kappa shape index (κ3) is 4.78. The van der Waals surface area contributed by atoms with Crippen LogP contribution in [-0.4, -0.2) is 27.3 Å². The van der Waals surface area contributed by atoms with Gasteiger partial charge in [0.05, 0.1) is 13.2 Å². The summed E-state index contributed by atoms with van der Waals surface area (Å²) in [5.41, 5.74) is 2.88. The highest BCUT2D eigenvalue weighted by molar-refractivity contribution is 6.99. The maximum Gasteiger partial charge on any atom is 0.261 e. The molecule has 0 amide bonds. The van der Waals surface area contributed by atoms with Crippen LogP contribution in [0.25, 0.3) is 6.08 Å². The Balaban J connectivity index is 1.87. The lowest BCUT2D eigenvalue weighted by Gasteiger charge is -2.45. The normalized spacial score (nSPS) is 19.8. The van der Waals surface area contributed by atoms with Crippen LogP contribution >= 0.6 is 0 Å². The van der Waals surface area contributed by atoms with Crippen LogP contribution in [-0.2, 0) is 9.22 Å². The number of ether oxygens (including phenoxy) is 1. The van der Waals surface area contributed by atoms with Crippen molar-refractivity contribution in [2.45, 2.75) is 52.2 Å². The highest BCUT2D eigenvalue weighted by Gasteiger charge is 2.53. The van der Waals surface area contributed by atoms with Crippen molar-refractivity contribution in [3.8, 4) is 5.75 Å². The van der Waals surface area contributed by atoms with Crippen LogP contribution in [0.15, 0.2) is 84.4 Å². The van der Waals surface area contributed by atoms with Crippen molar-refractivity contribution in [1.82, 2.24) is 0 Å². The minimum atomic E-state index is -2.79. The molecule has 182 valence electrons. The molecule has 3 nitrogen and oxygen atoms in total. The van der Waals surface area contributed by atoms with Crippen molar-refractivity contribution in [2.24, 2.45) is 5.92 Å². The molecule has 4 rings (SSSR count). The maximum atomic E-state index is 13.3. The number of hydrogen-bond acceptors (Lipinski definition) is 3. The zero-order valence-corrected chi connectivity index (χ0v) is 22.7. The van der Waals surface area contributed by atoms with Gasteiger partial charge in [-0.1, -0.05) is 94.4 Å². The Hall–Kier alpha value is -2.95. The fourth-order valence-corrected chi connectivity index (χ4v) is 10.1. The number of ketones is 1. The van der Waals surface area contributed by atoms with Gasteiger partial charge in [0.15, 0.2) is 5.78 Å². The minimum absolute atomic E-state index is 0.106. The first-order chi connectivity index (χ1) is 16.7. The van der Waals surface area contributed by atoms with Gasteiger partial charge in [0, 0.05) is 12.0 Å². The van der Waals surface area contributed by atoms with Crippen LogP contribution in [0, 0.1) is 12.8 Å². The second-order valence-electron chi connectivity index (χ2n) is 10.6. The van der Waals surface area contributed by atoms with Crippen molar-refractivity contribution >= 4 is 30.6 Å². The Morgan fingerprint density at radius 3 is 1.97 bits per heavy atom. The summed E-state index contributed by atoms with van der Waals surface area (Å²) < 4.78 is 12.8. The molecule has 1 aliphatic carbocycles. The third-order valence-corrected chi connectivity index (χ3v) is 12.2. The van der Waals surface area contributed by atoms with Crippen LogP contribution < -0.4 is 15.1 Å². The van der Waals surface area contributed by atoms with E-state index in [0.717, 1.165) is 22.4 Å².